The van der Waals surface area contributed by atoms with E-state index < -0.39 is 9.84 Å². The first-order chi connectivity index (χ1) is 13.4. The first-order valence-corrected chi connectivity index (χ1v) is 10.6. The Hall–Kier alpha value is -2.35. The van der Waals surface area contributed by atoms with E-state index in [1.807, 2.05) is 31.2 Å². The van der Waals surface area contributed by atoms with E-state index in [4.69, 9.17) is 20.8 Å². The Bertz CT molecular complexity index is 1030. The maximum Gasteiger partial charge on any atom is 0.233 e. The molecule has 0 saturated heterocycles. The summed E-state index contributed by atoms with van der Waals surface area (Å²) < 4.78 is 37.1. The van der Waals surface area contributed by atoms with Gasteiger partial charge in [-0.15, -0.1) is 0 Å². The Labute approximate surface area is 169 Å². The Kier molecular flexibility index (Phi) is 6.39. The molecule has 0 atom stereocenters. The summed E-state index contributed by atoms with van der Waals surface area (Å²) >= 11 is 5.88. The molecule has 1 heterocycles. The second-order valence-electron chi connectivity index (χ2n) is 6.25. The molecule has 0 radical (unpaired) electrons. The fourth-order valence-electron chi connectivity index (χ4n) is 2.56. The van der Waals surface area contributed by atoms with Crippen LogP contribution in [0.15, 0.2) is 62.9 Å². The molecule has 2 aromatic carbocycles. The third-order valence-electron chi connectivity index (χ3n) is 4.08. The highest BCUT2D eigenvalue weighted by molar-refractivity contribution is 7.91. The predicted molar refractivity (Wildman–Crippen MR) is 109 cm³/mol. The fraction of sp³-hybridized carbons (Fsp3) is 0.250. The maximum atomic E-state index is 13.1. The summed E-state index contributed by atoms with van der Waals surface area (Å²) in [6.07, 6.45) is 0.692. The van der Waals surface area contributed by atoms with Gasteiger partial charge in [-0.05, 0) is 49.7 Å². The van der Waals surface area contributed by atoms with Gasteiger partial charge in [-0.25, -0.2) is 8.42 Å². The maximum absolute atomic E-state index is 13.1. The summed E-state index contributed by atoms with van der Waals surface area (Å²) in [4.78, 5) is 4.40. The van der Waals surface area contributed by atoms with Crippen molar-refractivity contribution in [3.8, 4) is 11.5 Å². The molecule has 0 spiro atoms. The summed E-state index contributed by atoms with van der Waals surface area (Å²) in [7, 11) is -2.27. The zero-order chi connectivity index (χ0) is 20.1. The van der Waals surface area contributed by atoms with E-state index in [9.17, 15) is 8.42 Å². The van der Waals surface area contributed by atoms with Crippen LogP contribution in [0.5, 0.6) is 0 Å². The number of anilines is 1. The van der Waals surface area contributed by atoms with Crippen LogP contribution in [0.2, 0.25) is 5.02 Å². The Morgan fingerprint density at radius 2 is 1.79 bits per heavy atom. The number of aryl methyl sites for hydroxylation is 1. The molecule has 148 valence electrons. The first kappa shape index (κ1) is 20.4. The Morgan fingerprint density at radius 3 is 2.43 bits per heavy atom. The average molecular weight is 421 g/mol. The molecule has 28 heavy (non-hydrogen) atoms. The molecule has 3 aromatic rings. The minimum atomic E-state index is -3.88. The molecule has 3 rings (SSSR count). The van der Waals surface area contributed by atoms with Crippen molar-refractivity contribution in [2.45, 2.75) is 23.3 Å². The zero-order valence-corrected chi connectivity index (χ0v) is 17.2. The van der Waals surface area contributed by atoms with E-state index in [-0.39, 0.29) is 21.7 Å². The Morgan fingerprint density at radius 1 is 1.11 bits per heavy atom. The number of nitrogens with zero attached hydrogens (tertiary/aromatic N) is 1. The summed E-state index contributed by atoms with van der Waals surface area (Å²) in [6.45, 7) is 3.00. The minimum absolute atomic E-state index is 0.0978. The van der Waals surface area contributed by atoms with Gasteiger partial charge in [0, 0.05) is 30.8 Å². The smallest absolute Gasteiger partial charge is 0.233 e. The van der Waals surface area contributed by atoms with Gasteiger partial charge in [-0.1, -0.05) is 29.3 Å². The van der Waals surface area contributed by atoms with Crippen LogP contribution >= 0.6 is 11.6 Å². The van der Waals surface area contributed by atoms with E-state index in [1.165, 1.54) is 24.3 Å². The lowest BCUT2D eigenvalue weighted by Crippen LogP contribution is -2.09. The van der Waals surface area contributed by atoms with Crippen molar-refractivity contribution in [2.24, 2.45) is 0 Å². The van der Waals surface area contributed by atoms with Crippen LogP contribution in [-0.4, -0.2) is 33.7 Å². The van der Waals surface area contributed by atoms with Crippen molar-refractivity contribution in [2.75, 3.05) is 25.6 Å². The molecular formula is C20H21ClN2O4S. The average Bonchev–Trinajstić information content (AvgIpc) is 3.11. The number of benzene rings is 2. The number of hydrogen-bond acceptors (Lipinski definition) is 6. The van der Waals surface area contributed by atoms with Gasteiger partial charge in [0.2, 0.25) is 26.6 Å². The molecule has 0 saturated carbocycles. The standard InChI is InChI=1S/C20H21ClN2O4S/c1-14-4-6-15(7-5-14)18-23-20(19(27-18)22-12-3-13-26-2)28(24,25)17-10-8-16(21)9-11-17/h4-11,22H,3,12-13H2,1-2H3. The van der Waals surface area contributed by atoms with Crippen LogP contribution in [0.3, 0.4) is 0 Å². The number of oxazole rings is 1. The molecule has 1 N–H and O–H groups in total. The van der Waals surface area contributed by atoms with Gasteiger partial charge in [-0.2, -0.15) is 4.98 Å². The summed E-state index contributed by atoms with van der Waals surface area (Å²) in [5.41, 5.74) is 1.78. The number of ether oxygens (including phenoxy) is 1. The lowest BCUT2D eigenvalue weighted by atomic mass is 10.1. The highest BCUT2D eigenvalue weighted by atomic mass is 35.5. The van der Waals surface area contributed by atoms with Gasteiger partial charge >= 0.3 is 0 Å². The molecular weight excluding hydrogens is 400 g/mol. The number of sulfone groups is 1. The third-order valence-corrected chi connectivity index (χ3v) is 6.01. The largest absolute Gasteiger partial charge is 0.419 e. The molecule has 8 heteroatoms. The first-order valence-electron chi connectivity index (χ1n) is 8.73. The van der Waals surface area contributed by atoms with Gasteiger partial charge in [0.15, 0.2) is 0 Å². The number of halogens is 1. The van der Waals surface area contributed by atoms with Gasteiger partial charge in [0.25, 0.3) is 0 Å². The minimum Gasteiger partial charge on any atom is -0.419 e. The van der Waals surface area contributed by atoms with Crippen LogP contribution < -0.4 is 5.32 Å². The molecule has 1 aromatic heterocycles. The Balaban J connectivity index is 2.01. The zero-order valence-electron chi connectivity index (χ0n) is 15.6. The number of methoxy groups -OCH3 is 1. The van der Waals surface area contributed by atoms with Crippen molar-refractivity contribution in [1.82, 2.24) is 4.98 Å². The quantitative estimate of drug-likeness (QED) is 0.537. The molecule has 0 aliphatic heterocycles. The van der Waals surface area contributed by atoms with Crippen molar-refractivity contribution >= 4 is 27.3 Å². The van der Waals surface area contributed by atoms with Crippen LogP contribution in [-0.2, 0) is 14.6 Å². The summed E-state index contributed by atoms with van der Waals surface area (Å²) in [6, 6.07) is 13.5. The number of rotatable bonds is 8. The van der Waals surface area contributed by atoms with Gasteiger partial charge in [0.1, 0.15) is 0 Å². The number of aromatic nitrogens is 1. The molecule has 0 unspecified atom stereocenters. The molecule has 6 nitrogen and oxygen atoms in total. The van der Waals surface area contributed by atoms with E-state index >= 15 is 0 Å². The second kappa shape index (κ2) is 8.77. The van der Waals surface area contributed by atoms with Gasteiger partial charge < -0.3 is 14.5 Å². The van der Waals surface area contributed by atoms with Crippen LogP contribution in [0.4, 0.5) is 5.88 Å². The summed E-state index contributed by atoms with van der Waals surface area (Å²) in [5, 5.41) is 3.33. The molecule has 0 fully saturated rings. The number of hydrogen-bond donors (Lipinski definition) is 1. The van der Waals surface area contributed by atoms with Crippen molar-refractivity contribution < 1.29 is 17.6 Å². The highest BCUT2D eigenvalue weighted by Gasteiger charge is 2.28. The third kappa shape index (κ3) is 4.55. The normalized spacial score (nSPS) is 11.5. The van der Waals surface area contributed by atoms with E-state index in [0.717, 1.165) is 5.56 Å². The monoisotopic (exact) mass is 420 g/mol. The van der Waals surface area contributed by atoms with Crippen LogP contribution in [0.1, 0.15) is 12.0 Å². The predicted octanol–water partition coefficient (Wildman–Crippen LogP) is 4.58. The SMILES string of the molecule is COCCCNc1oc(-c2ccc(C)cc2)nc1S(=O)(=O)c1ccc(Cl)cc1. The van der Waals surface area contributed by atoms with Crippen molar-refractivity contribution in [3.05, 3.63) is 59.1 Å². The lowest BCUT2D eigenvalue weighted by molar-refractivity contribution is 0.197. The topological polar surface area (TPSA) is 81.4 Å². The van der Waals surface area contributed by atoms with Gasteiger partial charge in [-0.3, -0.25) is 0 Å². The van der Waals surface area contributed by atoms with E-state index in [2.05, 4.69) is 10.3 Å². The van der Waals surface area contributed by atoms with Crippen molar-refractivity contribution in [1.29, 1.82) is 0 Å². The van der Waals surface area contributed by atoms with Crippen molar-refractivity contribution in [3.63, 3.8) is 0 Å². The second-order valence-corrected chi connectivity index (χ2v) is 8.55. The molecule has 0 bridgehead atoms. The van der Waals surface area contributed by atoms with E-state index in [0.29, 0.717) is 30.2 Å². The highest BCUT2D eigenvalue weighted by Crippen LogP contribution is 2.32. The van der Waals surface area contributed by atoms with Crippen LogP contribution in [0, 0.1) is 6.92 Å². The molecule has 0 aliphatic rings. The number of nitrogens with one attached hydrogen (secondary N) is 1. The van der Waals surface area contributed by atoms with Crippen LogP contribution in [0.25, 0.3) is 11.5 Å². The van der Waals surface area contributed by atoms with E-state index in [1.54, 1.807) is 7.11 Å². The fourth-order valence-corrected chi connectivity index (χ4v) is 3.97. The van der Waals surface area contributed by atoms with Gasteiger partial charge in [0.05, 0.1) is 4.90 Å². The summed E-state index contributed by atoms with van der Waals surface area (Å²) in [5.74, 6) is 0.350. The molecule has 0 aliphatic carbocycles. The molecule has 0 amide bonds. The lowest BCUT2D eigenvalue weighted by Gasteiger charge is -2.06.